The second-order valence-corrected chi connectivity index (χ2v) is 6.23. The van der Waals surface area contributed by atoms with Crippen LogP contribution in [-0.4, -0.2) is 29.2 Å². The Balaban J connectivity index is 2.05. The second-order valence-electron chi connectivity index (χ2n) is 6.23. The summed E-state index contributed by atoms with van der Waals surface area (Å²) < 4.78 is 0. The highest BCUT2D eigenvalue weighted by Crippen LogP contribution is 2.29. The predicted octanol–water partition coefficient (Wildman–Crippen LogP) is 2.60. The van der Waals surface area contributed by atoms with Crippen LogP contribution >= 0.6 is 0 Å². The molecule has 1 aromatic rings. The van der Waals surface area contributed by atoms with Gasteiger partial charge in [-0.3, -0.25) is 19.7 Å². The average Bonchev–Trinajstić information content (AvgIpc) is 2.88. The molecule has 124 valence electrons. The molecule has 1 aliphatic heterocycles. The predicted molar refractivity (Wildman–Crippen MR) is 87.9 cm³/mol. The number of carbonyl (C=O) groups is 3. The van der Waals surface area contributed by atoms with Crippen LogP contribution < -0.4 is 5.32 Å². The zero-order valence-corrected chi connectivity index (χ0v) is 14.0. The summed E-state index contributed by atoms with van der Waals surface area (Å²) in [6, 6.07) is 6.05. The average molecular weight is 316 g/mol. The third kappa shape index (κ3) is 3.78. The molecule has 1 heterocycles. The maximum atomic E-state index is 12.5. The first kappa shape index (κ1) is 17.2. The number of nitrogens with one attached hydrogen (secondary N) is 1. The largest absolute Gasteiger partial charge is 0.332 e. The van der Waals surface area contributed by atoms with Gasteiger partial charge in [-0.15, -0.1) is 0 Å². The van der Waals surface area contributed by atoms with Crippen molar-refractivity contribution in [1.29, 1.82) is 0 Å². The topological polar surface area (TPSA) is 66.5 Å². The lowest BCUT2D eigenvalue weighted by Gasteiger charge is -2.23. The third-order valence-electron chi connectivity index (χ3n) is 4.68. The standard InChI is InChI=1S/C18H24N2O3/c1-4-12(2)14-6-7-16-15(9-14)10-20(18(16)23)13(3)5-8-17(22)19-11-21/h6-7,9,11-13H,4-5,8,10H2,1-3H3,(H,19,21,22). The molecule has 1 aromatic carbocycles. The molecule has 5 heteroatoms. The van der Waals surface area contributed by atoms with Gasteiger partial charge in [-0.05, 0) is 42.9 Å². The Hall–Kier alpha value is -2.17. The first-order valence-electron chi connectivity index (χ1n) is 8.14. The number of amides is 3. The lowest BCUT2D eigenvalue weighted by molar-refractivity contribution is -0.125. The first-order chi connectivity index (χ1) is 11.0. The minimum atomic E-state index is -0.310. The van der Waals surface area contributed by atoms with Gasteiger partial charge in [0, 0.05) is 24.6 Å². The van der Waals surface area contributed by atoms with Crippen molar-refractivity contribution in [3.8, 4) is 0 Å². The minimum Gasteiger partial charge on any atom is -0.332 e. The highest BCUT2D eigenvalue weighted by Gasteiger charge is 2.31. The molecule has 2 unspecified atom stereocenters. The highest BCUT2D eigenvalue weighted by molar-refractivity contribution is 5.98. The van der Waals surface area contributed by atoms with E-state index in [-0.39, 0.29) is 24.3 Å². The lowest BCUT2D eigenvalue weighted by Crippen LogP contribution is -2.34. The third-order valence-corrected chi connectivity index (χ3v) is 4.68. The van der Waals surface area contributed by atoms with Crippen molar-refractivity contribution in [2.75, 3.05) is 0 Å². The van der Waals surface area contributed by atoms with E-state index in [1.54, 1.807) is 4.90 Å². The van der Waals surface area contributed by atoms with E-state index < -0.39 is 0 Å². The van der Waals surface area contributed by atoms with Crippen LogP contribution in [0.4, 0.5) is 0 Å². The van der Waals surface area contributed by atoms with E-state index in [0.29, 0.717) is 25.3 Å². The summed E-state index contributed by atoms with van der Waals surface area (Å²) in [7, 11) is 0. The molecule has 0 aliphatic carbocycles. The molecule has 0 spiro atoms. The summed E-state index contributed by atoms with van der Waals surface area (Å²) in [6.07, 6.45) is 2.23. The van der Waals surface area contributed by atoms with Crippen LogP contribution in [0.1, 0.15) is 67.4 Å². The van der Waals surface area contributed by atoms with Gasteiger partial charge in [0.25, 0.3) is 5.91 Å². The van der Waals surface area contributed by atoms with Gasteiger partial charge < -0.3 is 4.90 Å². The van der Waals surface area contributed by atoms with E-state index in [9.17, 15) is 14.4 Å². The molecule has 23 heavy (non-hydrogen) atoms. The SMILES string of the molecule is CCC(C)c1ccc2c(c1)CN(C(C)CCC(=O)NC=O)C2=O. The molecule has 2 rings (SSSR count). The number of rotatable bonds is 7. The van der Waals surface area contributed by atoms with Crippen LogP contribution in [0.25, 0.3) is 0 Å². The summed E-state index contributed by atoms with van der Waals surface area (Å²) in [4.78, 5) is 35.9. The Kier molecular flexibility index (Phi) is 5.53. The Morgan fingerprint density at radius 1 is 1.39 bits per heavy atom. The number of nitrogens with zero attached hydrogens (tertiary/aromatic N) is 1. The smallest absolute Gasteiger partial charge is 0.254 e. The number of carbonyl (C=O) groups excluding carboxylic acids is 3. The Labute approximate surface area is 137 Å². The fourth-order valence-electron chi connectivity index (χ4n) is 2.90. The number of hydrogen-bond donors (Lipinski definition) is 1. The summed E-state index contributed by atoms with van der Waals surface area (Å²) in [5.74, 6) is 0.197. The lowest BCUT2D eigenvalue weighted by atomic mass is 9.95. The molecular formula is C18H24N2O3. The van der Waals surface area contributed by atoms with Crippen molar-refractivity contribution < 1.29 is 14.4 Å². The van der Waals surface area contributed by atoms with E-state index in [4.69, 9.17) is 0 Å². The van der Waals surface area contributed by atoms with Gasteiger partial charge in [0.15, 0.2) is 0 Å². The van der Waals surface area contributed by atoms with Crippen molar-refractivity contribution in [2.24, 2.45) is 0 Å². The molecule has 5 nitrogen and oxygen atoms in total. The van der Waals surface area contributed by atoms with Gasteiger partial charge in [-0.1, -0.05) is 26.0 Å². The van der Waals surface area contributed by atoms with Crippen LogP contribution in [0.15, 0.2) is 18.2 Å². The highest BCUT2D eigenvalue weighted by atomic mass is 16.2. The molecule has 0 aromatic heterocycles. The molecule has 0 saturated carbocycles. The summed E-state index contributed by atoms with van der Waals surface area (Å²) >= 11 is 0. The fraction of sp³-hybridized carbons (Fsp3) is 0.500. The molecule has 1 N–H and O–H groups in total. The number of fused-ring (bicyclic) bond motifs is 1. The van der Waals surface area contributed by atoms with Crippen LogP contribution in [0.5, 0.6) is 0 Å². The van der Waals surface area contributed by atoms with E-state index in [0.717, 1.165) is 17.5 Å². The number of imide groups is 1. The molecule has 0 bridgehead atoms. The van der Waals surface area contributed by atoms with E-state index in [2.05, 4.69) is 25.2 Å². The van der Waals surface area contributed by atoms with Gasteiger partial charge in [0.1, 0.15) is 0 Å². The summed E-state index contributed by atoms with van der Waals surface area (Å²) in [6.45, 7) is 6.87. The quantitative estimate of drug-likeness (QED) is 0.786. The van der Waals surface area contributed by atoms with Gasteiger partial charge in [0.05, 0.1) is 0 Å². The van der Waals surface area contributed by atoms with E-state index in [1.165, 1.54) is 5.56 Å². The van der Waals surface area contributed by atoms with Gasteiger partial charge in [0.2, 0.25) is 12.3 Å². The Morgan fingerprint density at radius 3 is 2.78 bits per heavy atom. The zero-order valence-electron chi connectivity index (χ0n) is 14.0. The molecule has 0 fully saturated rings. The van der Waals surface area contributed by atoms with Crippen LogP contribution in [-0.2, 0) is 16.1 Å². The van der Waals surface area contributed by atoms with Crippen molar-refractivity contribution in [3.05, 3.63) is 34.9 Å². The summed E-state index contributed by atoms with van der Waals surface area (Å²) in [5.41, 5.74) is 3.09. The second kappa shape index (κ2) is 7.40. The molecule has 2 atom stereocenters. The van der Waals surface area contributed by atoms with E-state index >= 15 is 0 Å². The fourth-order valence-corrected chi connectivity index (χ4v) is 2.90. The van der Waals surface area contributed by atoms with Crippen LogP contribution in [0, 0.1) is 0 Å². The van der Waals surface area contributed by atoms with Crippen molar-refractivity contribution >= 4 is 18.2 Å². The minimum absolute atomic E-state index is 0.0268. The normalized spacial score (nSPS) is 16.0. The van der Waals surface area contributed by atoms with Gasteiger partial charge in [-0.25, -0.2) is 0 Å². The van der Waals surface area contributed by atoms with E-state index in [1.807, 2.05) is 19.1 Å². The Morgan fingerprint density at radius 2 is 2.13 bits per heavy atom. The van der Waals surface area contributed by atoms with Gasteiger partial charge in [-0.2, -0.15) is 0 Å². The van der Waals surface area contributed by atoms with Crippen LogP contribution in [0.2, 0.25) is 0 Å². The van der Waals surface area contributed by atoms with Crippen molar-refractivity contribution in [1.82, 2.24) is 10.2 Å². The zero-order chi connectivity index (χ0) is 17.0. The summed E-state index contributed by atoms with van der Waals surface area (Å²) in [5, 5.41) is 2.12. The maximum Gasteiger partial charge on any atom is 0.254 e. The molecule has 3 amide bonds. The first-order valence-corrected chi connectivity index (χ1v) is 8.14. The molecular weight excluding hydrogens is 292 g/mol. The molecule has 0 radical (unpaired) electrons. The Bertz CT molecular complexity index is 612. The van der Waals surface area contributed by atoms with Crippen LogP contribution in [0.3, 0.4) is 0 Å². The number of hydrogen-bond acceptors (Lipinski definition) is 3. The van der Waals surface area contributed by atoms with Crippen molar-refractivity contribution in [2.45, 2.75) is 58.5 Å². The maximum absolute atomic E-state index is 12.5. The monoisotopic (exact) mass is 316 g/mol. The van der Waals surface area contributed by atoms with Crippen molar-refractivity contribution in [3.63, 3.8) is 0 Å². The molecule has 1 aliphatic rings. The van der Waals surface area contributed by atoms with Gasteiger partial charge >= 0.3 is 0 Å². The number of benzene rings is 1. The molecule has 0 saturated heterocycles.